The minimum absolute atomic E-state index is 0.207. The van der Waals surface area contributed by atoms with Crippen LogP contribution in [0.25, 0.3) is 0 Å². The van der Waals surface area contributed by atoms with Crippen LogP contribution in [0.3, 0.4) is 0 Å². The fourth-order valence-corrected chi connectivity index (χ4v) is 2.42. The number of hydrogen-bond donors (Lipinski definition) is 5. The molecule has 0 bridgehead atoms. The first-order valence-electron chi connectivity index (χ1n) is 7.88. The van der Waals surface area contributed by atoms with Gasteiger partial charge in [0.1, 0.15) is 18.3 Å². The van der Waals surface area contributed by atoms with E-state index < -0.39 is 31.0 Å². The summed E-state index contributed by atoms with van der Waals surface area (Å²) in [6.07, 6.45) is -1.11. The summed E-state index contributed by atoms with van der Waals surface area (Å²) in [6.45, 7) is 4.67. The van der Waals surface area contributed by atoms with E-state index in [9.17, 15) is 20.4 Å². The van der Waals surface area contributed by atoms with Gasteiger partial charge in [0.2, 0.25) is 0 Å². The number of rotatable bonds is 12. The van der Waals surface area contributed by atoms with Gasteiger partial charge in [-0.15, -0.1) is 0 Å². The molecule has 0 fully saturated rings. The lowest BCUT2D eigenvalue weighted by molar-refractivity contribution is -0.119. The summed E-state index contributed by atoms with van der Waals surface area (Å²) in [4.78, 5) is 1.93. The van der Waals surface area contributed by atoms with E-state index in [0.717, 1.165) is 25.8 Å². The standard InChI is InChI=1S/C15H33NO5/c1-4-6-7-11(5-2)8-16(3)9-12(18)14(20)15(21)13(19)10-17/h11-15,17-21H,4-10H2,1-3H3. The van der Waals surface area contributed by atoms with E-state index >= 15 is 0 Å². The van der Waals surface area contributed by atoms with Crippen molar-refractivity contribution in [2.45, 2.75) is 63.9 Å². The molecule has 0 saturated carbocycles. The number of nitrogens with zero attached hydrogens (tertiary/aromatic N) is 1. The van der Waals surface area contributed by atoms with Gasteiger partial charge in [-0.1, -0.05) is 33.1 Å². The Balaban J connectivity index is 4.25. The third kappa shape index (κ3) is 8.09. The second kappa shape index (κ2) is 11.3. The van der Waals surface area contributed by atoms with Gasteiger partial charge in [0.05, 0.1) is 12.7 Å². The first kappa shape index (κ1) is 20.8. The highest BCUT2D eigenvalue weighted by atomic mass is 16.4. The van der Waals surface area contributed by atoms with E-state index in [4.69, 9.17) is 5.11 Å². The van der Waals surface area contributed by atoms with Gasteiger partial charge >= 0.3 is 0 Å². The molecule has 6 heteroatoms. The van der Waals surface area contributed by atoms with Crippen molar-refractivity contribution in [2.24, 2.45) is 5.92 Å². The third-order valence-electron chi connectivity index (χ3n) is 3.94. The van der Waals surface area contributed by atoms with E-state index in [0.29, 0.717) is 5.92 Å². The highest BCUT2D eigenvalue weighted by Crippen LogP contribution is 2.14. The minimum atomic E-state index is -1.56. The van der Waals surface area contributed by atoms with Crippen LogP contribution in [-0.4, -0.2) is 81.6 Å². The summed E-state index contributed by atoms with van der Waals surface area (Å²) in [5.41, 5.74) is 0. The average Bonchev–Trinajstić information content (AvgIpc) is 2.48. The van der Waals surface area contributed by atoms with Crippen molar-refractivity contribution >= 4 is 0 Å². The van der Waals surface area contributed by atoms with E-state index in [1.165, 1.54) is 6.42 Å². The lowest BCUT2D eigenvalue weighted by Gasteiger charge is -2.30. The van der Waals surface area contributed by atoms with E-state index in [1.54, 1.807) is 0 Å². The van der Waals surface area contributed by atoms with Gasteiger partial charge in [-0.25, -0.2) is 0 Å². The molecular formula is C15H33NO5. The molecule has 0 rings (SSSR count). The van der Waals surface area contributed by atoms with Gasteiger partial charge in [-0.3, -0.25) is 0 Å². The molecular weight excluding hydrogens is 274 g/mol. The molecule has 0 aromatic rings. The fraction of sp³-hybridized carbons (Fsp3) is 1.00. The quantitative estimate of drug-likeness (QED) is 0.335. The molecule has 0 aliphatic carbocycles. The zero-order valence-electron chi connectivity index (χ0n) is 13.5. The molecule has 0 saturated heterocycles. The molecule has 5 N–H and O–H groups in total. The van der Waals surface area contributed by atoms with Crippen LogP contribution in [0.1, 0.15) is 39.5 Å². The van der Waals surface area contributed by atoms with Gasteiger partial charge < -0.3 is 30.4 Å². The Kier molecular flexibility index (Phi) is 11.2. The van der Waals surface area contributed by atoms with Crippen LogP contribution in [0.2, 0.25) is 0 Å². The monoisotopic (exact) mass is 307 g/mol. The summed E-state index contributed by atoms with van der Waals surface area (Å²) >= 11 is 0. The zero-order valence-corrected chi connectivity index (χ0v) is 13.5. The molecule has 0 spiro atoms. The van der Waals surface area contributed by atoms with Gasteiger partial charge in [-0.05, 0) is 19.4 Å². The highest BCUT2D eigenvalue weighted by molar-refractivity contribution is 4.82. The second-order valence-corrected chi connectivity index (χ2v) is 5.94. The molecule has 5 unspecified atom stereocenters. The maximum atomic E-state index is 9.92. The van der Waals surface area contributed by atoms with Crippen molar-refractivity contribution in [1.29, 1.82) is 0 Å². The summed E-state index contributed by atoms with van der Waals surface area (Å²) in [5.74, 6) is 0.548. The number of likely N-dealkylation sites (N-methyl/N-ethyl adjacent to an activating group) is 1. The molecule has 0 aromatic heterocycles. The van der Waals surface area contributed by atoms with Crippen LogP contribution in [-0.2, 0) is 0 Å². The number of hydrogen-bond acceptors (Lipinski definition) is 6. The first-order chi connectivity index (χ1) is 9.87. The average molecular weight is 307 g/mol. The second-order valence-electron chi connectivity index (χ2n) is 5.94. The molecule has 6 nitrogen and oxygen atoms in total. The minimum Gasteiger partial charge on any atom is -0.394 e. The SMILES string of the molecule is CCCCC(CC)CN(C)CC(O)C(O)C(O)C(O)CO. The van der Waals surface area contributed by atoms with Gasteiger partial charge in [0.25, 0.3) is 0 Å². The molecule has 0 radical (unpaired) electrons. The predicted molar refractivity (Wildman–Crippen MR) is 81.9 cm³/mol. The smallest absolute Gasteiger partial charge is 0.111 e. The van der Waals surface area contributed by atoms with Crippen LogP contribution < -0.4 is 0 Å². The zero-order chi connectivity index (χ0) is 16.4. The van der Waals surface area contributed by atoms with Crippen molar-refractivity contribution in [3.63, 3.8) is 0 Å². The predicted octanol–water partition coefficient (Wildman–Crippen LogP) is -0.429. The molecule has 0 aliphatic heterocycles. The Morgan fingerprint density at radius 3 is 1.95 bits per heavy atom. The Morgan fingerprint density at radius 2 is 1.48 bits per heavy atom. The van der Waals surface area contributed by atoms with Crippen molar-refractivity contribution in [3.8, 4) is 0 Å². The summed E-state index contributed by atoms with van der Waals surface area (Å²) in [5, 5.41) is 47.3. The topological polar surface area (TPSA) is 104 Å². The van der Waals surface area contributed by atoms with Crippen LogP contribution in [0, 0.1) is 5.92 Å². The molecule has 0 aromatic carbocycles. The molecule has 5 atom stereocenters. The molecule has 0 amide bonds. The number of aliphatic hydroxyl groups excluding tert-OH is 5. The van der Waals surface area contributed by atoms with Crippen LogP contribution in [0.4, 0.5) is 0 Å². The van der Waals surface area contributed by atoms with Gasteiger partial charge in [0, 0.05) is 13.1 Å². The fourth-order valence-electron chi connectivity index (χ4n) is 2.42. The molecule has 0 aliphatic rings. The van der Waals surface area contributed by atoms with Crippen molar-refractivity contribution in [2.75, 3.05) is 26.7 Å². The van der Waals surface area contributed by atoms with Crippen molar-refractivity contribution in [3.05, 3.63) is 0 Å². The maximum Gasteiger partial charge on any atom is 0.111 e. The summed E-state index contributed by atoms with van der Waals surface area (Å²) in [7, 11) is 1.86. The van der Waals surface area contributed by atoms with E-state index in [2.05, 4.69) is 13.8 Å². The number of unbranched alkanes of at least 4 members (excludes halogenated alkanes) is 1. The first-order valence-corrected chi connectivity index (χ1v) is 7.88. The van der Waals surface area contributed by atoms with Gasteiger partial charge in [0.15, 0.2) is 0 Å². The molecule has 0 heterocycles. The van der Waals surface area contributed by atoms with E-state index in [-0.39, 0.29) is 6.54 Å². The van der Waals surface area contributed by atoms with Crippen LogP contribution in [0.15, 0.2) is 0 Å². The molecule has 128 valence electrons. The Hall–Kier alpha value is -0.240. The highest BCUT2D eigenvalue weighted by Gasteiger charge is 2.30. The van der Waals surface area contributed by atoms with Crippen molar-refractivity contribution in [1.82, 2.24) is 4.90 Å². The Bertz CT molecular complexity index is 254. The maximum absolute atomic E-state index is 9.92. The van der Waals surface area contributed by atoms with Gasteiger partial charge in [-0.2, -0.15) is 0 Å². The number of aliphatic hydroxyl groups is 5. The Morgan fingerprint density at radius 1 is 0.905 bits per heavy atom. The lowest BCUT2D eigenvalue weighted by atomic mass is 9.98. The Labute approximate surface area is 128 Å². The van der Waals surface area contributed by atoms with Crippen LogP contribution in [0.5, 0.6) is 0 Å². The molecule has 21 heavy (non-hydrogen) atoms. The lowest BCUT2D eigenvalue weighted by Crippen LogP contribution is -2.49. The van der Waals surface area contributed by atoms with E-state index in [1.807, 2.05) is 11.9 Å². The summed E-state index contributed by atoms with van der Waals surface area (Å²) < 4.78 is 0. The summed E-state index contributed by atoms with van der Waals surface area (Å²) in [6, 6.07) is 0. The normalized spacial score (nSPS) is 19.3. The van der Waals surface area contributed by atoms with Crippen LogP contribution >= 0.6 is 0 Å². The third-order valence-corrected chi connectivity index (χ3v) is 3.94. The van der Waals surface area contributed by atoms with Crippen molar-refractivity contribution < 1.29 is 25.5 Å². The largest absolute Gasteiger partial charge is 0.394 e.